The van der Waals surface area contributed by atoms with Crippen LogP contribution < -0.4 is 0 Å². The number of methoxy groups -OCH3 is 1. The Balaban J connectivity index is 2.46. The first-order valence-electron chi connectivity index (χ1n) is 7.71. The van der Waals surface area contributed by atoms with Gasteiger partial charge in [-0.05, 0) is 26.2 Å². The summed E-state index contributed by atoms with van der Waals surface area (Å²) in [5.41, 5.74) is 0.490. The molecule has 2 heteroatoms. The van der Waals surface area contributed by atoms with E-state index in [1.807, 2.05) is 6.92 Å². The highest BCUT2D eigenvalue weighted by Gasteiger charge is 2.30. The fourth-order valence-electron chi connectivity index (χ4n) is 3.04. The van der Waals surface area contributed by atoms with Crippen molar-refractivity contribution < 1.29 is 9.53 Å². The Bertz CT molecular complexity index is 300. The van der Waals surface area contributed by atoms with Gasteiger partial charge in [-0.15, -0.1) is 0 Å². The molecule has 0 saturated heterocycles. The lowest BCUT2D eigenvalue weighted by atomic mass is 9.83. The molecule has 1 saturated carbocycles. The fraction of sp³-hybridized carbons (Fsp3) is 0.824. The SMILES string of the molecule is C=C(CC1CCCCCCC1)CC(C)(OC)C(C)=O. The third-order valence-corrected chi connectivity index (χ3v) is 4.58. The van der Waals surface area contributed by atoms with Crippen molar-refractivity contribution in [3.05, 3.63) is 12.2 Å². The Morgan fingerprint density at radius 3 is 2.21 bits per heavy atom. The fourth-order valence-corrected chi connectivity index (χ4v) is 3.04. The smallest absolute Gasteiger partial charge is 0.161 e. The minimum atomic E-state index is -0.682. The van der Waals surface area contributed by atoms with Crippen LogP contribution in [0, 0.1) is 5.92 Å². The van der Waals surface area contributed by atoms with E-state index in [2.05, 4.69) is 6.58 Å². The van der Waals surface area contributed by atoms with Gasteiger partial charge in [-0.2, -0.15) is 0 Å². The van der Waals surface area contributed by atoms with Gasteiger partial charge in [0.05, 0.1) is 0 Å². The second-order valence-electron chi connectivity index (χ2n) is 6.33. The average Bonchev–Trinajstić information content (AvgIpc) is 2.32. The van der Waals surface area contributed by atoms with Gasteiger partial charge in [-0.3, -0.25) is 4.79 Å². The van der Waals surface area contributed by atoms with E-state index in [-0.39, 0.29) is 5.78 Å². The molecule has 1 aliphatic carbocycles. The van der Waals surface area contributed by atoms with Crippen molar-refractivity contribution >= 4 is 5.78 Å². The molecular weight excluding hydrogens is 236 g/mol. The molecule has 1 aliphatic rings. The summed E-state index contributed by atoms with van der Waals surface area (Å²) in [6.45, 7) is 7.66. The monoisotopic (exact) mass is 266 g/mol. The Labute approximate surface area is 118 Å². The maximum absolute atomic E-state index is 11.7. The van der Waals surface area contributed by atoms with Crippen molar-refractivity contribution in [3.63, 3.8) is 0 Å². The van der Waals surface area contributed by atoms with E-state index in [1.54, 1.807) is 14.0 Å². The largest absolute Gasteiger partial charge is 0.370 e. The van der Waals surface area contributed by atoms with Crippen LogP contribution in [-0.2, 0) is 9.53 Å². The highest BCUT2D eigenvalue weighted by atomic mass is 16.5. The normalized spacial score (nSPS) is 21.2. The molecule has 0 aromatic carbocycles. The van der Waals surface area contributed by atoms with Gasteiger partial charge in [0.25, 0.3) is 0 Å². The lowest BCUT2D eigenvalue weighted by molar-refractivity contribution is -0.136. The van der Waals surface area contributed by atoms with E-state index in [0.717, 1.165) is 12.3 Å². The summed E-state index contributed by atoms with van der Waals surface area (Å²) in [5, 5.41) is 0. The lowest BCUT2D eigenvalue weighted by Crippen LogP contribution is -2.36. The summed E-state index contributed by atoms with van der Waals surface area (Å²) in [4.78, 5) is 11.7. The number of carbonyl (C=O) groups is 1. The topological polar surface area (TPSA) is 26.3 Å². The molecule has 110 valence electrons. The van der Waals surface area contributed by atoms with Crippen LogP contribution in [0.15, 0.2) is 12.2 Å². The highest BCUT2D eigenvalue weighted by molar-refractivity contribution is 5.84. The van der Waals surface area contributed by atoms with Gasteiger partial charge in [0, 0.05) is 13.5 Å². The minimum absolute atomic E-state index is 0.0915. The molecule has 0 aliphatic heterocycles. The molecule has 1 fully saturated rings. The van der Waals surface area contributed by atoms with Gasteiger partial charge >= 0.3 is 0 Å². The molecule has 1 unspecified atom stereocenters. The van der Waals surface area contributed by atoms with Gasteiger partial charge in [-0.1, -0.05) is 57.1 Å². The third kappa shape index (κ3) is 5.48. The lowest BCUT2D eigenvalue weighted by Gasteiger charge is -2.28. The second kappa shape index (κ2) is 7.84. The number of hydrogen-bond donors (Lipinski definition) is 0. The molecule has 0 N–H and O–H groups in total. The summed E-state index contributed by atoms with van der Waals surface area (Å²) in [6, 6.07) is 0. The molecule has 0 spiro atoms. The zero-order chi connectivity index (χ0) is 14.3. The molecule has 1 rings (SSSR count). The number of carbonyl (C=O) groups excluding carboxylic acids is 1. The van der Waals surface area contributed by atoms with Crippen molar-refractivity contribution in [2.24, 2.45) is 5.92 Å². The predicted octanol–water partition coefficient (Wildman–Crippen LogP) is 4.68. The van der Waals surface area contributed by atoms with E-state index in [4.69, 9.17) is 4.74 Å². The van der Waals surface area contributed by atoms with Crippen molar-refractivity contribution in [3.8, 4) is 0 Å². The third-order valence-electron chi connectivity index (χ3n) is 4.58. The standard InChI is InChI=1S/C17H30O2/c1-14(13-17(3,19-4)15(2)18)12-16-10-8-6-5-7-9-11-16/h16H,1,5-13H2,2-4H3. The van der Waals surface area contributed by atoms with Crippen LogP contribution in [-0.4, -0.2) is 18.5 Å². The Morgan fingerprint density at radius 2 is 1.74 bits per heavy atom. The van der Waals surface area contributed by atoms with Crippen molar-refractivity contribution in [2.75, 3.05) is 7.11 Å². The number of ketones is 1. The summed E-state index contributed by atoms with van der Waals surface area (Å²) < 4.78 is 5.39. The van der Waals surface area contributed by atoms with Gasteiger partial charge in [-0.25, -0.2) is 0 Å². The van der Waals surface area contributed by atoms with Gasteiger partial charge < -0.3 is 4.74 Å². The van der Waals surface area contributed by atoms with Crippen molar-refractivity contribution in [2.45, 2.75) is 77.2 Å². The van der Waals surface area contributed by atoms with Crippen LogP contribution in [0.3, 0.4) is 0 Å². The maximum atomic E-state index is 11.7. The van der Waals surface area contributed by atoms with Crippen LogP contribution in [0.1, 0.15) is 71.6 Å². The number of hydrogen-bond acceptors (Lipinski definition) is 2. The summed E-state index contributed by atoms with van der Waals surface area (Å²) in [7, 11) is 1.62. The molecule has 0 heterocycles. The van der Waals surface area contributed by atoms with E-state index in [1.165, 1.54) is 50.5 Å². The van der Waals surface area contributed by atoms with E-state index >= 15 is 0 Å². The van der Waals surface area contributed by atoms with Gasteiger partial charge in [0.1, 0.15) is 5.60 Å². The number of Topliss-reactive ketones (excluding diaryl/α,β-unsaturated/α-hetero) is 1. The molecule has 0 bridgehead atoms. The van der Waals surface area contributed by atoms with Crippen LogP contribution in [0.2, 0.25) is 0 Å². The number of ether oxygens (including phenoxy) is 1. The average molecular weight is 266 g/mol. The molecular formula is C17H30O2. The zero-order valence-corrected chi connectivity index (χ0v) is 13.0. The molecule has 2 nitrogen and oxygen atoms in total. The number of rotatable bonds is 6. The zero-order valence-electron chi connectivity index (χ0n) is 13.0. The summed E-state index contributed by atoms with van der Waals surface area (Å²) >= 11 is 0. The quantitative estimate of drug-likeness (QED) is 0.653. The first-order valence-corrected chi connectivity index (χ1v) is 7.71. The second-order valence-corrected chi connectivity index (χ2v) is 6.33. The Hall–Kier alpha value is -0.630. The Morgan fingerprint density at radius 1 is 1.21 bits per heavy atom. The first kappa shape index (κ1) is 16.4. The van der Waals surface area contributed by atoms with Gasteiger partial charge in [0.15, 0.2) is 5.78 Å². The van der Waals surface area contributed by atoms with E-state index < -0.39 is 5.60 Å². The molecule has 19 heavy (non-hydrogen) atoms. The van der Waals surface area contributed by atoms with E-state index in [0.29, 0.717) is 6.42 Å². The van der Waals surface area contributed by atoms with Crippen molar-refractivity contribution in [1.29, 1.82) is 0 Å². The minimum Gasteiger partial charge on any atom is -0.370 e. The molecule has 0 radical (unpaired) electrons. The predicted molar refractivity (Wildman–Crippen MR) is 80.3 cm³/mol. The summed E-state index contributed by atoms with van der Waals surface area (Å²) in [5.74, 6) is 0.856. The highest BCUT2D eigenvalue weighted by Crippen LogP contribution is 2.30. The first-order chi connectivity index (χ1) is 8.98. The molecule has 1 atom stereocenters. The van der Waals surface area contributed by atoms with Crippen LogP contribution in [0.25, 0.3) is 0 Å². The van der Waals surface area contributed by atoms with Crippen molar-refractivity contribution in [1.82, 2.24) is 0 Å². The molecule has 0 amide bonds. The molecule has 0 aromatic rings. The van der Waals surface area contributed by atoms with Crippen LogP contribution in [0.4, 0.5) is 0 Å². The van der Waals surface area contributed by atoms with Crippen LogP contribution in [0.5, 0.6) is 0 Å². The van der Waals surface area contributed by atoms with Gasteiger partial charge in [0.2, 0.25) is 0 Å². The summed E-state index contributed by atoms with van der Waals surface area (Å²) in [6.07, 6.45) is 11.2. The Kier molecular flexibility index (Phi) is 6.78. The molecule has 0 aromatic heterocycles. The maximum Gasteiger partial charge on any atom is 0.161 e. The van der Waals surface area contributed by atoms with Crippen LogP contribution >= 0.6 is 0 Å². The van der Waals surface area contributed by atoms with E-state index in [9.17, 15) is 4.79 Å².